The van der Waals surface area contributed by atoms with Gasteiger partial charge in [-0.1, -0.05) is 0 Å². The third-order valence-electron chi connectivity index (χ3n) is 0.258. The Morgan fingerprint density at radius 1 is 1.08 bits per heavy atom. The monoisotopic (exact) mass is 437 g/mol. The summed E-state index contributed by atoms with van der Waals surface area (Å²) in [4.78, 5) is 24.0. The Morgan fingerprint density at radius 3 is 1.33 bits per heavy atom. The molecule has 0 fully saturated rings. The molecule has 3 N–H and O–H groups in total. The Kier molecular flexibility index (Phi) is 15.7. The van der Waals surface area contributed by atoms with Crippen molar-refractivity contribution in [2.24, 2.45) is 0 Å². The van der Waals surface area contributed by atoms with Gasteiger partial charge in [-0.2, -0.15) is 0 Å². The van der Waals surface area contributed by atoms with Crippen molar-refractivity contribution in [3.05, 3.63) is 0 Å². The molecule has 0 saturated heterocycles. The summed E-state index contributed by atoms with van der Waals surface area (Å²) in [6, 6.07) is 0. The van der Waals surface area contributed by atoms with E-state index in [9.17, 15) is 9.13 Å². The summed E-state index contributed by atoms with van der Waals surface area (Å²) in [5, 5.41) is 0. The first-order valence-electron chi connectivity index (χ1n) is 1.78. The van der Waals surface area contributed by atoms with Gasteiger partial charge in [0.05, 0.1) is 0 Å². The van der Waals surface area contributed by atoms with Crippen LogP contribution in [-0.4, -0.2) is 21.3 Å². The zero-order valence-corrected chi connectivity index (χ0v) is 11.5. The molecular weight excluding hydrogens is 429 g/mol. The minimum Gasteiger partial charge on any atom is -0.813 e. The molecule has 11 heteroatoms. The number of rotatable bonds is 2. The van der Waals surface area contributed by atoms with Gasteiger partial charge in [0, 0.05) is 6.66 Å². The van der Waals surface area contributed by atoms with Gasteiger partial charge in [0.25, 0.3) is 0 Å². The summed E-state index contributed by atoms with van der Waals surface area (Å²) in [6.07, 6.45) is 0. The average Bonchev–Trinajstić information content (AvgIpc) is 1.14. The molecule has 0 aliphatic carbocycles. The van der Waals surface area contributed by atoms with Gasteiger partial charge >= 0.3 is 36.5 Å². The topological polar surface area (TPSA) is 104 Å². The van der Waals surface area contributed by atoms with Crippen LogP contribution in [0.4, 0.5) is 0 Å². The van der Waals surface area contributed by atoms with E-state index in [2.05, 4.69) is 4.31 Å². The van der Waals surface area contributed by atoms with Crippen molar-refractivity contribution in [2.45, 2.75) is 0 Å². The first-order chi connectivity index (χ1) is 3.71. The minimum atomic E-state index is -4.80. The fraction of sp³-hybridized carbons (Fsp3) is 1.00. The molecule has 0 amide bonds. The molecular formula is CH8O6P2PtS2. The quantitative estimate of drug-likeness (QED) is 0.298. The standard InChI is InChI=1S/CH6O6P2.Pt.2H2S/c1-8(2,3)7-9(4,5)6;;;/h1H3,(H,2,3)(H2,4,5,6);;2*1H2/q;+2;;/p-2. The molecule has 80 valence electrons. The van der Waals surface area contributed by atoms with E-state index in [1.807, 2.05) is 0 Å². The van der Waals surface area contributed by atoms with E-state index in [0.29, 0.717) is 6.66 Å². The predicted molar refractivity (Wildman–Crippen MR) is 46.4 cm³/mol. The second kappa shape index (κ2) is 8.03. The second-order valence-electron chi connectivity index (χ2n) is 1.38. The third-order valence-corrected chi connectivity index (χ3v) is 2.32. The summed E-state index contributed by atoms with van der Waals surface area (Å²) >= 11 is 0. The van der Waals surface area contributed by atoms with Crippen LogP contribution in [0.15, 0.2) is 0 Å². The van der Waals surface area contributed by atoms with E-state index in [4.69, 9.17) is 14.7 Å². The van der Waals surface area contributed by atoms with Crippen LogP contribution in [0.1, 0.15) is 0 Å². The summed E-state index contributed by atoms with van der Waals surface area (Å²) in [5.74, 6) is 0. The maximum Gasteiger partial charge on any atom is 2.00 e. The van der Waals surface area contributed by atoms with Crippen molar-refractivity contribution >= 4 is 42.4 Å². The smallest absolute Gasteiger partial charge is 0.813 e. The molecule has 1 unspecified atom stereocenters. The summed E-state index contributed by atoms with van der Waals surface area (Å²) < 4.78 is 23.3. The molecule has 0 rings (SSSR count). The molecule has 12 heavy (non-hydrogen) atoms. The second-order valence-corrected chi connectivity index (χ2v) is 4.62. The maximum atomic E-state index is 10.1. The third kappa shape index (κ3) is 22.6. The zero-order chi connectivity index (χ0) is 7.71. The van der Waals surface area contributed by atoms with Crippen molar-refractivity contribution in [2.75, 3.05) is 6.66 Å². The van der Waals surface area contributed by atoms with Gasteiger partial charge in [0.2, 0.25) is 0 Å². The fourth-order valence-electron chi connectivity index (χ4n) is 0.197. The van der Waals surface area contributed by atoms with Crippen molar-refractivity contribution in [1.82, 2.24) is 0 Å². The largest absolute Gasteiger partial charge is 2.00 e. The summed E-state index contributed by atoms with van der Waals surface area (Å²) in [5.41, 5.74) is 0. The Hall–Kier alpha value is 1.69. The summed E-state index contributed by atoms with van der Waals surface area (Å²) in [7, 11) is -8.85. The normalized spacial score (nSPS) is 14.3. The van der Waals surface area contributed by atoms with E-state index < -0.39 is 15.4 Å². The molecule has 0 aromatic carbocycles. The molecule has 0 radical (unpaired) electrons. The first-order valence-corrected chi connectivity index (χ1v) is 5.33. The van der Waals surface area contributed by atoms with Crippen LogP contribution in [0.3, 0.4) is 0 Å². The van der Waals surface area contributed by atoms with E-state index >= 15 is 0 Å². The predicted octanol–water partition coefficient (Wildman–Crippen LogP) is -0.632. The maximum absolute atomic E-state index is 10.1. The zero-order valence-electron chi connectivity index (χ0n) is 5.67. The van der Waals surface area contributed by atoms with E-state index in [-0.39, 0.29) is 48.1 Å². The number of hydrogen-bond acceptors (Lipinski definition) is 5. The van der Waals surface area contributed by atoms with Crippen molar-refractivity contribution in [3.63, 3.8) is 0 Å². The van der Waals surface area contributed by atoms with Gasteiger partial charge < -0.3 is 41.7 Å². The Morgan fingerprint density at radius 2 is 1.33 bits per heavy atom. The van der Waals surface area contributed by atoms with Crippen LogP contribution in [-0.2, 0) is 61.5 Å². The number of thiol groups is 2. The summed E-state index contributed by atoms with van der Waals surface area (Å²) in [6.45, 7) is 0.687. The van der Waals surface area contributed by atoms with Crippen molar-refractivity contribution in [3.8, 4) is 0 Å². The average molecular weight is 437 g/mol. The van der Waals surface area contributed by atoms with Gasteiger partial charge in [-0.25, -0.2) is 8.88 Å². The van der Waals surface area contributed by atoms with Gasteiger partial charge in [0.15, 0.2) is 0 Å². The Balaban J connectivity index is -0.000000107. The minimum absolute atomic E-state index is 0. The molecule has 6 nitrogen and oxygen atoms in total. The first kappa shape index (κ1) is 23.5. The van der Waals surface area contributed by atoms with Crippen LogP contribution < -0.4 is 0 Å². The van der Waals surface area contributed by atoms with E-state index in [0.717, 1.165) is 0 Å². The SMILES string of the molecule is CP(=O)(O)OP(=O)(O)O.[Pt+2].[SH-].[SH-]. The van der Waals surface area contributed by atoms with Gasteiger partial charge in [-0.05, 0) is 0 Å². The van der Waals surface area contributed by atoms with E-state index in [1.165, 1.54) is 0 Å². The van der Waals surface area contributed by atoms with E-state index in [1.54, 1.807) is 0 Å². The number of hydrogen-bond donors (Lipinski definition) is 3. The molecule has 0 aliphatic heterocycles. The van der Waals surface area contributed by atoms with Crippen LogP contribution >= 0.6 is 15.4 Å². The molecule has 0 aliphatic rings. The van der Waals surface area contributed by atoms with Crippen molar-refractivity contribution in [1.29, 1.82) is 0 Å². The molecule has 0 aromatic heterocycles. The van der Waals surface area contributed by atoms with Crippen LogP contribution in [0.5, 0.6) is 0 Å². The molecule has 0 heterocycles. The number of phosphoric acid groups is 1. The molecule has 1 atom stereocenters. The van der Waals surface area contributed by atoms with Crippen LogP contribution in [0.25, 0.3) is 0 Å². The Labute approximate surface area is 98.0 Å². The van der Waals surface area contributed by atoms with Crippen molar-refractivity contribution < 1.29 is 49.2 Å². The molecule has 0 spiro atoms. The molecule has 0 saturated carbocycles. The van der Waals surface area contributed by atoms with Gasteiger partial charge in [-0.15, -0.1) is 0 Å². The fourth-order valence-corrected chi connectivity index (χ4v) is 1.78. The van der Waals surface area contributed by atoms with Crippen LogP contribution in [0.2, 0.25) is 0 Å². The van der Waals surface area contributed by atoms with Gasteiger partial charge in [-0.3, -0.25) is 4.57 Å². The Bertz CT molecular complexity index is 164. The van der Waals surface area contributed by atoms with Crippen LogP contribution in [0, 0.1) is 0 Å². The molecule has 0 aromatic rings. The van der Waals surface area contributed by atoms with Gasteiger partial charge in [0.1, 0.15) is 0 Å². The molecule has 0 bridgehead atoms.